The highest BCUT2D eigenvalue weighted by Crippen LogP contribution is 2.50. The van der Waals surface area contributed by atoms with Crippen LogP contribution < -0.4 is 5.73 Å². The molecule has 1 aromatic rings. The van der Waals surface area contributed by atoms with Gasteiger partial charge in [-0.15, -0.1) is 0 Å². The van der Waals surface area contributed by atoms with E-state index in [4.69, 9.17) is 15.2 Å². The Hall–Kier alpha value is -0.900. The average molecular weight is 261 g/mol. The molecule has 0 radical (unpaired) electrons. The highest BCUT2D eigenvalue weighted by Gasteiger charge is 2.47. The summed E-state index contributed by atoms with van der Waals surface area (Å²) in [4.78, 5) is 0. The smallest absolute Gasteiger partial charge is 0.163 e. The van der Waals surface area contributed by atoms with Gasteiger partial charge in [-0.25, -0.2) is 0 Å². The van der Waals surface area contributed by atoms with Gasteiger partial charge in [0.15, 0.2) is 5.79 Å². The number of rotatable bonds is 3. The summed E-state index contributed by atoms with van der Waals surface area (Å²) in [6, 6.07) is 8.89. The standard InChI is InChI=1S/C16H23NO2/c1-11(17)16(7-8-16)13-6-4-5-12(9-13)14-10-18-15(2,3)19-14/h4-6,9,11,14H,7-8,10,17H2,1-3H3. The van der Waals surface area contributed by atoms with Crippen molar-refractivity contribution in [3.63, 3.8) is 0 Å². The lowest BCUT2D eigenvalue weighted by Gasteiger charge is -2.22. The Balaban J connectivity index is 1.85. The lowest BCUT2D eigenvalue weighted by atomic mass is 9.88. The van der Waals surface area contributed by atoms with Crippen LogP contribution in [0.3, 0.4) is 0 Å². The van der Waals surface area contributed by atoms with Crippen LogP contribution in [0.25, 0.3) is 0 Å². The van der Waals surface area contributed by atoms with E-state index in [1.165, 1.54) is 24.0 Å². The van der Waals surface area contributed by atoms with Crippen LogP contribution in [0.5, 0.6) is 0 Å². The molecule has 2 aliphatic rings. The lowest BCUT2D eigenvalue weighted by Crippen LogP contribution is -2.31. The van der Waals surface area contributed by atoms with Gasteiger partial charge in [0, 0.05) is 11.5 Å². The molecule has 0 spiro atoms. The van der Waals surface area contributed by atoms with Crippen LogP contribution in [0, 0.1) is 0 Å². The third-order valence-electron chi connectivity index (χ3n) is 4.50. The molecule has 0 aromatic heterocycles. The van der Waals surface area contributed by atoms with E-state index < -0.39 is 5.79 Å². The van der Waals surface area contributed by atoms with E-state index >= 15 is 0 Å². The van der Waals surface area contributed by atoms with Crippen LogP contribution in [0.15, 0.2) is 24.3 Å². The van der Waals surface area contributed by atoms with E-state index in [1.54, 1.807) is 0 Å². The maximum absolute atomic E-state index is 6.16. The maximum Gasteiger partial charge on any atom is 0.163 e. The molecule has 0 bridgehead atoms. The molecule has 104 valence electrons. The predicted octanol–water partition coefficient (Wildman–Crippen LogP) is 2.89. The van der Waals surface area contributed by atoms with E-state index in [-0.39, 0.29) is 17.6 Å². The Morgan fingerprint density at radius 1 is 1.32 bits per heavy atom. The van der Waals surface area contributed by atoms with Gasteiger partial charge in [-0.1, -0.05) is 24.3 Å². The van der Waals surface area contributed by atoms with Crippen molar-refractivity contribution in [2.45, 2.75) is 57.0 Å². The number of benzene rings is 1. The number of hydrogen-bond donors (Lipinski definition) is 1. The van der Waals surface area contributed by atoms with E-state index in [9.17, 15) is 0 Å². The summed E-state index contributed by atoms with van der Waals surface area (Å²) in [6.45, 7) is 6.65. The lowest BCUT2D eigenvalue weighted by molar-refractivity contribution is -0.139. The molecule has 1 saturated carbocycles. The van der Waals surface area contributed by atoms with Crippen LogP contribution in [0.1, 0.15) is 50.8 Å². The first-order valence-corrected chi connectivity index (χ1v) is 7.11. The van der Waals surface area contributed by atoms with Crippen molar-refractivity contribution >= 4 is 0 Å². The average Bonchev–Trinajstić information content (AvgIpc) is 3.10. The minimum atomic E-state index is -0.473. The van der Waals surface area contributed by atoms with Gasteiger partial charge in [0.2, 0.25) is 0 Å². The molecule has 1 aliphatic carbocycles. The minimum absolute atomic E-state index is 0.0406. The molecule has 2 fully saturated rings. The van der Waals surface area contributed by atoms with E-state index in [1.807, 2.05) is 13.8 Å². The van der Waals surface area contributed by atoms with Crippen molar-refractivity contribution in [3.05, 3.63) is 35.4 Å². The molecule has 1 aromatic carbocycles. The molecule has 2 atom stereocenters. The second-order valence-corrected chi connectivity index (χ2v) is 6.39. The molecule has 1 aliphatic heterocycles. The first kappa shape index (κ1) is 13.1. The summed E-state index contributed by atoms with van der Waals surface area (Å²) >= 11 is 0. The molecule has 0 amide bonds. The van der Waals surface area contributed by atoms with Gasteiger partial charge in [-0.2, -0.15) is 0 Å². The van der Waals surface area contributed by atoms with Crippen LogP contribution >= 0.6 is 0 Å². The third kappa shape index (κ3) is 2.31. The highest BCUT2D eigenvalue weighted by atomic mass is 16.7. The summed E-state index contributed by atoms with van der Waals surface area (Å²) in [6.07, 6.45) is 2.43. The molecule has 3 rings (SSSR count). The Bertz CT molecular complexity index is 477. The van der Waals surface area contributed by atoms with Crippen molar-refractivity contribution in [1.29, 1.82) is 0 Å². The Morgan fingerprint density at radius 3 is 2.58 bits per heavy atom. The summed E-state index contributed by atoms with van der Waals surface area (Å²) in [7, 11) is 0. The highest BCUT2D eigenvalue weighted by molar-refractivity contribution is 5.37. The number of ether oxygens (including phenoxy) is 2. The van der Waals surface area contributed by atoms with Crippen molar-refractivity contribution in [1.82, 2.24) is 0 Å². The molecule has 1 heterocycles. The van der Waals surface area contributed by atoms with Crippen molar-refractivity contribution in [3.8, 4) is 0 Å². The monoisotopic (exact) mass is 261 g/mol. The fourth-order valence-corrected chi connectivity index (χ4v) is 3.04. The number of hydrogen-bond acceptors (Lipinski definition) is 3. The van der Waals surface area contributed by atoms with E-state index in [2.05, 4.69) is 31.2 Å². The zero-order chi connectivity index (χ0) is 13.7. The van der Waals surface area contributed by atoms with Gasteiger partial charge in [0.25, 0.3) is 0 Å². The first-order valence-electron chi connectivity index (χ1n) is 7.11. The van der Waals surface area contributed by atoms with Gasteiger partial charge in [0.1, 0.15) is 6.10 Å². The Kier molecular flexibility index (Phi) is 2.97. The van der Waals surface area contributed by atoms with Crippen LogP contribution in [0.4, 0.5) is 0 Å². The molecule has 1 saturated heterocycles. The topological polar surface area (TPSA) is 44.5 Å². The summed E-state index contributed by atoms with van der Waals surface area (Å²) in [5.41, 5.74) is 8.91. The summed E-state index contributed by atoms with van der Waals surface area (Å²) in [5, 5.41) is 0. The first-order chi connectivity index (χ1) is 8.93. The van der Waals surface area contributed by atoms with Crippen molar-refractivity contribution in [2.75, 3.05) is 6.61 Å². The van der Waals surface area contributed by atoms with Crippen molar-refractivity contribution < 1.29 is 9.47 Å². The van der Waals surface area contributed by atoms with E-state index in [0.29, 0.717) is 6.61 Å². The molecule has 19 heavy (non-hydrogen) atoms. The second kappa shape index (κ2) is 4.30. The number of nitrogens with two attached hydrogens (primary N) is 1. The van der Waals surface area contributed by atoms with Gasteiger partial charge in [-0.3, -0.25) is 0 Å². The molecular formula is C16H23NO2. The fourth-order valence-electron chi connectivity index (χ4n) is 3.04. The zero-order valence-electron chi connectivity index (χ0n) is 12.0. The predicted molar refractivity (Wildman–Crippen MR) is 74.9 cm³/mol. The van der Waals surface area contributed by atoms with Crippen LogP contribution in [-0.2, 0) is 14.9 Å². The van der Waals surface area contributed by atoms with Gasteiger partial charge in [-0.05, 0) is 44.7 Å². The zero-order valence-corrected chi connectivity index (χ0v) is 12.0. The molecule has 2 unspecified atom stereocenters. The van der Waals surface area contributed by atoms with Crippen LogP contribution in [0.2, 0.25) is 0 Å². The van der Waals surface area contributed by atoms with E-state index in [0.717, 1.165) is 0 Å². The fraction of sp³-hybridized carbons (Fsp3) is 0.625. The minimum Gasteiger partial charge on any atom is -0.347 e. The van der Waals surface area contributed by atoms with Gasteiger partial charge >= 0.3 is 0 Å². The van der Waals surface area contributed by atoms with Crippen LogP contribution in [-0.4, -0.2) is 18.4 Å². The Labute approximate surface area is 115 Å². The SMILES string of the molecule is CC(N)C1(c2cccc(C3COC(C)(C)O3)c2)CC1. The molecule has 2 N–H and O–H groups in total. The Morgan fingerprint density at radius 2 is 2.05 bits per heavy atom. The molecule has 3 nitrogen and oxygen atoms in total. The normalized spacial score (nSPS) is 29.2. The molecule has 3 heteroatoms. The summed E-state index contributed by atoms with van der Waals surface area (Å²) in [5.74, 6) is -0.473. The van der Waals surface area contributed by atoms with Gasteiger partial charge < -0.3 is 15.2 Å². The quantitative estimate of drug-likeness (QED) is 0.910. The third-order valence-corrected chi connectivity index (χ3v) is 4.50. The largest absolute Gasteiger partial charge is 0.347 e. The molecular weight excluding hydrogens is 238 g/mol. The summed E-state index contributed by atoms with van der Waals surface area (Å²) < 4.78 is 11.6. The maximum atomic E-state index is 6.16. The van der Waals surface area contributed by atoms with Crippen molar-refractivity contribution in [2.24, 2.45) is 5.73 Å². The van der Waals surface area contributed by atoms with Gasteiger partial charge in [0.05, 0.1) is 6.61 Å². The second-order valence-electron chi connectivity index (χ2n) is 6.39.